The molecule has 0 aromatic rings. The van der Waals surface area contributed by atoms with Gasteiger partial charge in [0.1, 0.15) is 6.04 Å². The number of rotatable bonds is 5. The molecule has 1 aliphatic rings. The molecule has 0 aliphatic carbocycles. The SMILES string of the molecule is CC(C(=O)O)N(C)C(=O)CCC1CCCCN1C. The van der Waals surface area contributed by atoms with Crippen molar-refractivity contribution in [3.05, 3.63) is 0 Å². The highest BCUT2D eigenvalue weighted by molar-refractivity contribution is 5.83. The second kappa shape index (κ2) is 6.73. The summed E-state index contributed by atoms with van der Waals surface area (Å²) in [5.41, 5.74) is 0. The Hall–Kier alpha value is -1.10. The molecule has 0 spiro atoms. The van der Waals surface area contributed by atoms with Crippen LogP contribution in [-0.4, -0.2) is 59.5 Å². The van der Waals surface area contributed by atoms with Crippen molar-refractivity contribution in [2.24, 2.45) is 0 Å². The standard InChI is InChI=1S/C13H24N2O3/c1-10(13(17)18)15(3)12(16)8-7-11-6-4-5-9-14(11)2/h10-11H,4-9H2,1-3H3,(H,17,18). The highest BCUT2D eigenvalue weighted by atomic mass is 16.4. The van der Waals surface area contributed by atoms with Gasteiger partial charge < -0.3 is 14.9 Å². The molecule has 2 atom stereocenters. The Bertz CT molecular complexity index is 307. The van der Waals surface area contributed by atoms with E-state index in [1.165, 1.54) is 24.7 Å². The van der Waals surface area contributed by atoms with Crippen molar-refractivity contribution in [2.45, 2.75) is 51.1 Å². The summed E-state index contributed by atoms with van der Waals surface area (Å²) in [6, 6.07) is -0.280. The number of hydrogen-bond donors (Lipinski definition) is 1. The molecule has 1 saturated heterocycles. The molecule has 0 aromatic heterocycles. The number of piperidine rings is 1. The van der Waals surface area contributed by atoms with E-state index in [4.69, 9.17) is 5.11 Å². The maximum absolute atomic E-state index is 11.9. The van der Waals surface area contributed by atoms with Crippen molar-refractivity contribution in [1.82, 2.24) is 9.80 Å². The molecule has 1 rings (SSSR count). The molecule has 1 N–H and O–H groups in total. The lowest BCUT2D eigenvalue weighted by molar-refractivity contribution is -0.148. The second-order valence-corrected chi connectivity index (χ2v) is 5.19. The molecule has 1 aliphatic heterocycles. The lowest BCUT2D eigenvalue weighted by Crippen LogP contribution is -2.41. The zero-order valence-corrected chi connectivity index (χ0v) is 11.6. The summed E-state index contributed by atoms with van der Waals surface area (Å²) < 4.78 is 0. The molecule has 1 heterocycles. The fourth-order valence-electron chi connectivity index (χ4n) is 2.36. The largest absolute Gasteiger partial charge is 0.480 e. The number of nitrogens with zero attached hydrogens (tertiary/aromatic N) is 2. The number of amides is 1. The van der Waals surface area contributed by atoms with Crippen LogP contribution in [0.15, 0.2) is 0 Å². The van der Waals surface area contributed by atoms with Crippen LogP contribution >= 0.6 is 0 Å². The Morgan fingerprint density at radius 2 is 2.11 bits per heavy atom. The molecular weight excluding hydrogens is 232 g/mol. The van der Waals surface area contributed by atoms with Crippen molar-refractivity contribution in [3.63, 3.8) is 0 Å². The Morgan fingerprint density at radius 3 is 2.67 bits per heavy atom. The van der Waals surface area contributed by atoms with E-state index in [9.17, 15) is 9.59 Å². The third-order valence-electron chi connectivity index (χ3n) is 3.94. The number of aliphatic carboxylic acids is 1. The van der Waals surface area contributed by atoms with Gasteiger partial charge in [-0.1, -0.05) is 6.42 Å². The summed E-state index contributed by atoms with van der Waals surface area (Å²) in [6.45, 7) is 2.63. The van der Waals surface area contributed by atoms with E-state index in [2.05, 4.69) is 11.9 Å². The zero-order chi connectivity index (χ0) is 13.7. The van der Waals surface area contributed by atoms with Crippen molar-refractivity contribution in [1.29, 1.82) is 0 Å². The summed E-state index contributed by atoms with van der Waals surface area (Å²) >= 11 is 0. The maximum Gasteiger partial charge on any atom is 0.326 e. The third kappa shape index (κ3) is 3.98. The van der Waals surface area contributed by atoms with Crippen LogP contribution in [0.3, 0.4) is 0 Å². The van der Waals surface area contributed by atoms with Crippen molar-refractivity contribution in [2.75, 3.05) is 20.6 Å². The van der Waals surface area contributed by atoms with E-state index in [-0.39, 0.29) is 5.91 Å². The molecule has 18 heavy (non-hydrogen) atoms. The van der Waals surface area contributed by atoms with Gasteiger partial charge in [0.2, 0.25) is 5.91 Å². The van der Waals surface area contributed by atoms with Crippen LogP contribution in [0.25, 0.3) is 0 Å². The number of hydrogen-bond acceptors (Lipinski definition) is 3. The van der Waals surface area contributed by atoms with Gasteiger partial charge in [-0.3, -0.25) is 4.79 Å². The number of carbonyl (C=O) groups excluding carboxylic acids is 1. The summed E-state index contributed by atoms with van der Waals surface area (Å²) in [5.74, 6) is -1.04. The first-order valence-electron chi connectivity index (χ1n) is 6.62. The van der Waals surface area contributed by atoms with Gasteiger partial charge in [0.25, 0.3) is 0 Å². The number of carboxylic acid groups (broad SMARTS) is 1. The number of carbonyl (C=O) groups is 2. The van der Waals surface area contributed by atoms with Gasteiger partial charge in [-0.25, -0.2) is 4.79 Å². The van der Waals surface area contributed by atoms with Gasteiger partial charge in [0.05, 0.1) is 0 Å². The molecule has 104 valence electrons. The van der Waals surface area contributed by atoms with Crippen LogP contribution in [0.2, 0.25) is 0 Å². The molecule has 0 bridgehead atoms. The quantitative estimate of drug-likeness (QED) is 0.802. The first-order valence-corrected chi connectivity index (χ1v) is 6.62. The Balaban J connectivity index is 2.38. The Labute approximate surface area is 109 Å². The first kappa shape index (κ1) is 15.0. The van der Waals surface area contributed by atoms with Crippen molar-refractivity contribution >= 4 is 11.9 Å². The van der Waals surface area contributed by atoms with Crippen LogP contribution in [0.5, 0.6) is 0 Å². The fourth-order valence-corrected chi connectivity index (χ4v) is 2.36. The Morgan fingerprint density at radius 1 is 1.44 bits per heavy atom. The minimum atomic E-state index is -0.958. The van der Waals surface area contributed by atoms with Crippen molar-refractivity contribution in [3.8, 4) is 0 Å². The van der Waals surface area contributed by atoms with Gasteiger partial charge in [0, 0.05) is 19.5 Å². The summed E-state index contributed by atoms with van der Waals surface area (Å²) in [5, 5.41) is 8.86. The predicted molar refractivity (Wildman–Crippen MR) is 69.4 cm³/mol. The molecule has 0 saturated carbocycles. The molecule has 5 heteroatoms. The van der Waals surface area contributed by atoms with Gasteiger partial charge in [-0.05, 0) is 39.8 Å². The normalized spacial score (nSPS) is 22.5. The van der Waals surface area contributed by atoms with Crippen LogP contribution in [-0.2, 0) is 9.59 Å². The van der Waals surface area contributed by atoms with E-state index >= 15 is 0 Å². The third-order valence-corrected chi connectivity index (χ3v) is 3.94. The average molecular weight is 256 g/mol. The molecule has 2 unspecified atom stereocenters. The number of carboxylic acids is 1. The average Bonchev–Trinajstić information content (AvgIpc) is 2.35. The molecule has 0 aromatic carbocycles. The van der Waals surface area contributed by atoms with Crippen LogP contribution in [0.4, 0.5) is 0 Å². The highest BCUT2D eigenvalue weighted by Crippen LogP contribution is 2.19. The number of likely N-dealkylation sites (N-methyl/N-ethyl adjacent to an activating group) is 1. The van der Waals surface area contributed by atoms with E-state index in [1.54, 1.807) is 7.05 Å². The number of likely N-dealkylation sites (tertiary alicyclic amines) is 1. The van der Waals surface area contributed by atoms with Crippen LogP contribution in [0.1, 0.15) is 39.0 Å². The summed E-state index contributed by atoms with van der Waals surface area (Å²) in [4.78, 5) is 26.3. The first-order chi connectivity index (χ1) is 8.43. The van der Waals surface area contributed by atoms with Gasteiger partial charge in [0.15, 0.2) is 0 Å². The van der Waals surface area contributed by atoms with E-state index in [0.29, 0.717) is 12.5 Å². The topological polar surface area (TPSA) is 60.9 Å². The lowest BCUT2D eigenvalue weighted by atomic mass is 9.98. The van der Waals surface area contributed by atoms with Gasteiger partial charge in [-0.2, -0.15) is 0 Å². The monoisotopic (exact) mass is 256 g/mol. The molecule has 0 radical (unpaired) electrons. The Kier molecular flexibility index (Phi) is 5.59. The fraction of sp³-hybridized carbons (Fsp3) is 0.846. The minimum Gasteiger partial charge on any atom is -0.480 e. The molecular formula is C13H24N2O3. The van der Waals surface area contributed by atoms with E-state index < -0.39 is 12.0 Å². The second-order valence-electron chi connectivity index (χ2n) is 5.19. The predicted octanol–water partition coefficient (Wildman–Crippen LogP) is 1.18. The van der Waals surface area contributed by atoms with Gasteiger partial charge in [-0.15, -0.1) is 0 Å². The summed E-state index contributed by atoms with van der Waals surface area (Å²) in [6.07, 6.45) is 4.86. The van der Waals surface area contributed by atoms with E-state index in [0.717, 1.165) is 19.4 Å². The van der Waals surface area contributed by atoms with E-state index in [1.807, 2.05) is 0 Å². The van der Waals surface area contributed by atoms with Crippen molar-refractivity contribution < 1.29 is 14.7 Å². The smallest absolute Gasteiger partial charge is 0.326 e. The summed E-state index contributed by atoms with van der Waals surface area (Å²) in [7, 11) is 3.66. The van der Waals surface area contributed by atoms with Crippen LogP contribution < -0.4 is 0 Å². The minimum absolute atomic E-state index is 0.0797. The molecule has 5 nitrogen and oxygen atoms in total. The van der Waals surface area contributed by atoms with Gasteiger partial charge >= 0.3 is 5.97 Å². The molecule has 1 fully saturated rings. The van der Waals surface area contributed by atoms with Crippen LogP contribution in [0, 0.1) is 0 Å². The lowest BCUT2D eigenvalue weighted by Gasteiger charge is -2.32. The maximum atomic E-state index is 11.9. The zero-order valence-electron chi connectivity index (χ0n) is 11.6. The molecule has 1 amide bonds. The highest BCUT2D eigenvalue weighted by Gasteiger charge is 2.24.